The number of carbonyl (C=O) groups excluding carboxylic acids is 1. The van der Waals surface area contributed by atoms with Gasteiger partial charge in [0.15, 0.2) is 11.6 Å². The Bertz CT molecular complexity index is 1660. The van der Waals surface area contributed by atoms with Gasteiger partial charge >= 0.3 is 0 Å². The summed E-state index contributed by atoms with van der Waals surface area (Å²) in [4.78, 5) is 32.8. The van der Waals surface area contributed by atoms with E-state index in [2.05, 4.69) is 24.8 Å². The minimum Gasteiger partial charge on any atom is -0.490 e. The molecule has 1 spiro atoms. The van der Waals surface area contributed by atoms with Crippen LogP contribution in [0.3, 0.4) is 0 Å². The van der Waals surface area contributed by atoms with Crippen LogP contribution in [0, 0.1) is 11.2 Å². The SMILES string of the molecule is CC.CC.CC.CC.CC(C)N(C(=O)c1cc(F)ccc1Oc1cncnc1N1CC2(CC(Oc3ccnc4c3CN(CCCCl)CC4)C2)C1)C1CC(F)(F)C1. The van der Waals surface area contributed by atoms with Gasteiger partial charge in [-0.05, 0) is 63.9 Å². The van der Waals surface area contributed by atoms with Crippen molar-refractivity contribution in [3.05, 3.63) is 65.6 Å². The molecule has 2 aliphatic carbocycles. The summed E-state index contributed by atoms with van der Waals surface area (Å²) in [5.41, 5.74) is 2.36. The van der Waals surface area contributed by atoms with Crippen LogP contribution in [0.5, 0.6) is 17.2 Å². The molecule has 0 radical (unpaired) electrons. The summed E-state index contributed by atoms with van der Waals surface area (Å²) in [5, 5.41) is 0. The van der Waals surface area contributed by atoms with Crippen LogP contribution >= 0.6 is 11.6 Å². The standard InChI is InChI=1S/C35H40ClF3N6O3.4C2H6/c1-22(2)45(24-13-35(38,39)14-24)33(46)26-12-23(37)4-5-29(26)48-31-17-40-21-42-32(31)44-19-34(20-44)15-25(16-34)47-30-6-9-41-28-7-11-43(10-3-8-36)18-27(28)30;4*1-2/h4-6,9,12,17,21-22,24-25H,3,7-8,10-11,13-16,18-20H2,1-2H3;4*1-2H3. The van der Waals surface area contributed by atoms with E-state index in [0.717, 1.165) is 75.9 Å². The van der Waals surface area contributed by atoms with Crippen molar-refractivity contribution in [2.24, 2.45) is 5.41 Å². The Kier molecular flexibility index (Phi) is 18.2. The molecular formula is C43H64ClF3N6O3. The largest absolute Gasteiger partial charge is 0.490 e. The molecule has 7 rings (SSSR count). The van der Waals surface area contributed by atoms with Gasteiger partial charge in [0.25, 0.3) is 11.8 Å². The summed E-state index contributed by atoms with van der Waals surface area (Å²) in [6.45, 7) is 23.8. The molecule has 56 heavy (non-hydrogen) atoms. The predicted octanol–water partition coefficient (Wildman–Crippen LogP) is 10.6. The first-order chi connectivity index (χ1) is 27.0. The van der Waals surface area contributed by atoms with E-state index in [4.69, 9.17) is 21.1 Å². The van der Waals surface area contributed by atoms with Gasteiger partial charge in [-0.1, -0.05) is 55.4 Å². The van der Waals surface area contributed by atoms with Crippen molar-refractivity contribution in [2.45, 2.75) is 138 Å². The van der Waals surface area contributed by atoms with Gasteiger partial charge in [0.05, 0.1) is 11.8 Å². The van der Waals surface area contributed by atoms with E-state index in [1.807, 2.05) is 67.7 Å². The summed E-state index contributed by atoms with van der Waals surface area (Å²) < 4.78 is 54.6. The highest BCUT2D eigenvalue weighted by atomic mass is 35.5. The molecule has 4 aliphatic rings. The number of halogens is 4. The molecule has 3 fully saturated rings. The molecule has 9 nitrogen and oxygen atoms in total. The molecule has 312 valence electrons. The molecule has 1 aromatic carbocycles. The fourth-order valence-electron chi connectivity index (χ4n) is 7.68. The van der Waals surface area contributed by atoms with Crippen molar-refractivity contribution >= 4 is 23.3 Å². The van der Waals surface area contributed by atoms with Crippen LogP contribution in [0.25, 0.3) is 0 Å². The third kappa shape index (κ3) is 11.1. The molecule has 2 aliphatic heterocycles. The predicted molar refractivity (Wildman–Crippen MR) is 220 cm³/mol. The number of amides is 1. The summed E-state index contributed by atoms with van der Waals surface area (Å²) in [5.74, 6) is -1.40. The molecule has 1 amide bonds. The van der Waals surface area contributed by atoms with Gasteiger partial charge in [0.1, 0.15) is 29.7 Å². The average Bonchev–Trinajstić information content (AvgIpc) is 3.18. The smallest absolute Gasteiger partial charge is 0.258 e. The zero-order valence-corrected chi connectivity index (χ0v) is 35.9. The number of pyridine rings is 1. The lowest BCUT2D eigenvalue weighted by Gasteiger charge is -2.59. The number of carbonyl (C=O) groups is 1. The molecule has 0 unspecified atom stereocenters. The second-order valence-corrected chi connectivity index (χ2v) is 14.4. The molecule has 13 heteroatoms. The van der Waals surface area contributed by atoms with E-state index in [1.54, 1.807) is 13.8 Å². The van der Waals surface area contributed by atoms with Gasteiger partial charge in [-0.15, -0.1) is 11.6 Å². The van der Waals surface area contributed by atoms with Gasteiger partial charge in [0, 0.05) is 86.3 Å². The maximum atomic E-state index is 14.4. The fraction of sp³-hybridized carbons (Fsp3) is 0.628. The third-order valence-corrected chi connectivity index (χ3v) is 10.3. The summed E-state index contributed by atoms with van der Waals surface area (Å²) >= 11 is 5.93. The lowest BCUT2D eigenvalue weighted by Crippen LogP contribution is -2.65. The Balaban J connectivity index is 0.000000989. The number of alkyl halides is 3. The Morgan fingerprint density at radius 3 is 2.27 bits per heavy atom. The van der Waals surface area contributed by atoms with Crippen molar-refractivity contribution in [1.82, 2.24) is 24.8 Å². The number of aromatic nitrogens is 3. The van der Waals surface area contributed by atoms with Gasteiger partial charge < -0.3 is 19.3 Å². The summed E-state index contributed by atoms with van der Waals surface area (Å²) in [6, 6.07) is 4.66. The molecule has 2 aromatic heterocycles. The zero-order chi connectivity index (χ0) is 41.6. The van der Waals surface area contributed by atoms with Crippen molar-refractivity contribution < 1.29 is 27.4 Å². The summed E-state index contributed by atoms with van der Waals surface area (Å²) in [7, 11) is 0. The van der Waals surface area contributed by atoms with Crippen molar-refractivity contribution in [3.63, 3.8) is 0 Å². The maximum absolute atomic E-state index is 14.4. The van der Waals surface area contributed by atoms with Crippen molar-refractivity contribution in [1.29, 1.82) is 0 Å². The van der Waals surface area contributed by atoms with E-state index in [0.29, 0.717) is 17.4 Å². The number of ether oxygens (including phenoxy) is 2. The third-order valence-electron chi connectivity index (χ3n) is 10.0. The number of hydrogen-bond donors (Lipinski definition) is 0. The number of rotatable bonds is 11. The van der Waals surface area contributed by atoms with Gasteiger partial charge in [-0.2, -0.15) is 0 Å². The van der Waals surface area contributed by atoms with Crippen molar-refractivity contribution in [2.75, 3.05) is 37.0 Å². The molecule has 4 heterocycles. The number of nitrogens with zero attached hydrogens (tertiary/aromatic N) is 6. The van der Waals surface area contributed by atoms with Crippen LogP contribution in [0.15, 0.2) is 43.0 Å². The van der Waals surface area contributed by atoms with Crippen LogP contribution in [-0.4, -0.2) is 86.8 Å². The number of fused-ring (bicyclic) bond motifs is 1. The van der Waals surface area contributed by atoms with E-state index in [-0.39, 0.29) is 28.9 Å². The zero-order valence-electron chi connectivity index (χ0n) is 35.2. The first kappa shape index (κ1) is 46.7. The van der Waals surface area contributed by atoms with Crippen LogP contribution in [-0.2, 0) is 13.0 Å². The minimum atomic E-state index is -2.80. The van der Waals surface area contributed by atoms with Crippen LogP contribution < -0.4 is 14.4 Å². The Morgan fingerprint density at radius 2 is 1.64 bits per heavy atom. The van der Waals surface area contributed by atoms with Crippen LogP contribution in [0.1, 0.15) is 123 Å². The number of hydrogen-bond acceptors (Lipinski definition) is 8. The van der Waals surface area contributed by atoms with Gasteiger partial charge in [-0.25, -0.2) is 23.1 Å². The highest BCUT2D eigenvalue weighted by Gasteiger charge is 2.54. The van der Waals surface area contributed by atoms with E-state index < -0.39 is 36.5 Å². The van der Waals surface area contributed by atoms with Crippen molar-refractivity contribution in [3.8, 4) is 17.2 Å². The topological polar surface area (TPSA) is 83.9 Å². The highest BCUT2D eigenvalue weighted by Crippen LogP contribution is 2.52. The first-order valence-electron chi connectivity index (χ1n) is 20.7. The van der Waals surface area contributed by atoms with E-state index in [9.17, 15) is 18.0 Å². The normalized spacial score (nSPS) is 17.7. The minimum absolute atomic E-state index is 0.0340. The van der Waals surface area contributed by atoms with E-state index in [1.165, 1.54) is 35.1 Å². The van der Waals surface area contributed by atoms with Gasteiger partial charge in [0.2, 0.25) is 0 Å². The molecule has 0 atom stereocenters. The molecule has 1 saturated heterocycles. The lowest BCUT2D eigenvalue weighted by molar-refractivity contribution is -0.120. The second kappa shape index (κ2) is 21.8. The maximum Gasteiger partial charge on any atom is 0.258 e. The molecule has 2 saturated carbocycles. The second-order valence-electron chi connectivity index (χ2n) is 14.0. The molecular weight excluding hydrogens is 741 g/mol. The Hall–Kier alpha value is -3.64. The quantitative estimate of drug-likeness (QED) is 0.177. The lowest BCUT2D eigenvalue weighted by atomic mass is 9.61. The molecule has 3 aromatic rings. The van der Waals surface area contributed by atoms with Crippen LogP contribution in [0.2, 0.25) is 0 Å². The monoisotopic (exact) mass is 804 g/mol. The first-order valence-corrected chi connectivity index (χ1v) is 21.2. The number of benzene rings is 1. The highest BCUT2D eigenvalue weighted by molar-refractivity contribution is 6.17. The molecule has 0 N–H and O–H groups in total. The molecule has 0 bridgehead atoms. The Morgan fingerprint density at radius 1 is 0.964 bits per heavy atom. The van der Waals surface area contributed by atoms with E-state index >= 15 is 0 Å². The number of anilines is 1. The average molecular weight is 805 g/mol. The van der Waals surface area contributed by atoms with Gasteiger partial charge in [-0.3, -0.25) is 14.7 Å². The Labute approximate surface area is 338 Å². The van der Waals surface area contributed by atoms with Crippen LogP contribution in [0.4, 0.5) is 19.0 Å². The fourth-order valence-corrected chi connectivity index (χ4v) is 7.80. The summed E-state index contributed by atoms with van der Waals surface area (Å²) in [6.07, 6.45) is 7.78.